The fourth-order valence-electron chi connectivity index (χ4n) is 2.03. The van der Waals surface area contributed by atoms with Gasteiger partial charge in [0.1, 0.15) is 0 Å². The average molecular weight is 239 g/mol. The average Bonchev–Trinajstić information content (AvgIpc) is 2.86. The molecule has 0 aliphatic carbocycles. The number of aryl methyl sites for hydroxylation is 1. The van der Waals surface area contributed by atoms with E-state index >= 15 is 0 Å². The Balaban J connectivity index is 1.84. The Morgan fingerprint density at radius 2 is 2.50 bits per heavy atom. The zero-order valence-electron chi connectivity index (χ0n) is 10.2. The summed E-state index contributed by atoms with van der Waals surface area (Å²) in [5, 5.41) is 10.5. The van der Waals surface area contributed by atoms with E-state index in [0.29, 0.717) is 0 Å². The van der Waals surface area contributed by atoms with Gasteiger partial charge in [-0.05, 0) is 32.7 Å². The van der Waals surface area contributed by atoms with Crippen LogP contribution in [0.5, 0.6) is 0 Å². The van der Waals surface area contributed by atoms with E-state index < -0.39 is 0 Å². The van der Waals surface area contributed by atoms with Crippen molar-refractivity contribution in [3.05, 3.63) is 16.1 Å². The molecule has 4 heteroatoms. The third-order valence-corrected chi connectivity index (χ3v) is 4.09. The number of hydrogen-bond acceptors (Lipinski definition) is 4. The van der Waals surface area contributed by atoms with Crippen LogP contribution in [0.2, 0.25) is 0 Å². The van der Waals surface area contributed by atoms with Gasteiger partial charge in [0.05, 0.1) is 10.7 Å². The van der Waals surface area contributed by atoms with Crippen molar-refractivity contribution < 1.29 is 0 Å². The van der Waals surface area contributed by atoms with Crippen molar-refractivity contribution in [1.29, 1.82) is 0 Å². The maximum atomic E-state index is 4.63. The molecule has 0 spiro atoms. The second-order valence-electron chi connectivity index (χ2n) is 4.82. The molecule has 0 aromatic carbocycles. The second kappa shape index (κ2) is 5.25. The number of nitrogens with one attached hydrogen (secondary N) is 2. The highest BCUT2D eigenvalue weighted by Crippen LogP contribution is 2.16. The number of nitrogens with zero attached hydrogens (tertiary/aromatic N) is 1. The predicted octanol–water partition coefficient (Wildman–Crippen LogP) is 1.94. The van der Waals surface area contributed by atoms with Gasteiger partial charge in [-0.1, -0.05) is 6.92 Å². The van der Waals surface area contributed by atoms with Crippen LogP contribution >= 0.6 is 11.3 Å². The summed E-state index contributed by atoms with van der Waals surface area (Å²) in [6.07, 6.45) is 3.50. The summed E-state index contributed by atoms with van der Waals surface area (Å²) in [6, 6.07) is 0. The van der Waals surface area contributed by atoms with Crippen molar-refractivity contribution >= 4 is 11.3 Å². The van der Waals surface area contributed by atoms with Crippen LogP contribution in [0.25, 0.3) is 0 Å². The Morgan fingerprint density at radius 1 is 1.62 bits per heavy atom. The van der Waals surface area contributed by atoms with Gasteiger partial charge < -0.3 is 10.6 Å². The quantitative estimate of drug-likeness (QED) is 0.824. The molecule has 1 saturated heterocycles. The molecule has 2 N–H and O–H groups in total. The first-order valence-corrected chi connectivity index (χ1v) is 6.99. The smallest absolute Gasteiger partial charge is 0.0928 e. The van der Waals surface area contributed by atoms with Crippen LogP contribution in [-0.4, -0.2) is 23.6 Å². The van der Waals surface area contributed by atoms with Crippen LogP contribution in [0, 0.1) is 0 Å². The molecular weight excluding hydrogens is 218 g/mol. The van der Waals surface area contributed by atoms with Crippen molar-refractivity contribution in [2.45, 2.75) is 45.2 Å². The van der Waals surface area contributed by atoms with Gasteiger partial charge in [-0.2, -0.15) is 0 Å². The number of thiazole rings is 1. The third kappa shape index (κ3) is 3.03. The minimum Gasteiger partial charge on any atom is -0.315 e. The summed E-state index contributed by atoms with van der Waals surface area (Å²) in [5.74, 6) is 0. The van der Waals surface area contributed by atoms with Crippen molar-refractivity contribution in [2.24, 2.45) is 0 Å². The molecule has 1 aliphatic heterocycles. The number of aromatic nitrogens is 1. The lowest BCUT2D eigenvalue weighted by atomic mass is 10.0. The molecule has 1 unspecified atom stereocenters. The lowest BCUT2D eigenvalue weighted by molar-refractivity contribution is 0.383. The van der Waals surface area contributed by atoms with E-state index in [9.17, 15) is 0 Å². The Morgan fingerprint density at radius 3 is 3.19 bits per heavy atom. The number of hydrogen-bond donors (Lipinski definition) is 2. The molecule has 3 nitrogen and oxygen atoms in total. The van der Waals surface area contributed by atoms with Gasteiger partial charge >= 0.3 is 0 Å². The highest BCUT2D eigenvalue weighted by molar-refractivity contribution is 7.09. The standard InChI is InChI=1S/C12H21N3S/c1-3-4-11-15-10(8-16-11)7-14-12(2)5-6-13-9-12/h8,13-14H,3-7,9H2,1-2H3. The molecule has 1 aromatic rings. The first-order valence-electron chi connectivity index (χ1n) is 6.11. The molecule has 1 fully saturated rings. The van der Waals surface area contributed by atoms with E-state index in [2.05, 4.69) is 34.8 Å². The third-order valence-electron chi connectivity index (χ3n) is 3.13. The molecule has 16 heavy (non-hydrogen) atoms. The van der Waals surface area contributed by atoms with E-state index in [1.807, 2.05) is 0 Å². The first kappa shape index (κ1) is 12.0. The summed E-state index contributed by atoms with van der Waals surface area (Å²) >= 11 is 1.79. The maximum absolute atomic E-state index is 4.63. The molecule has 1 atom stereocenters. The van der Waals surface area contributed by atoms with Gasteiger partial charge in [0, 0.05) is 24.0 Å². The Labute approximate surface area is 102 Å². The molecule has 0 radical (unpaired) electrons. The zero-order chi connectivity index (χ0) is 11.4. The van der Waals surface area contributed by atoms with Gasteiger partial charge in [-0.25, -0.2) is 4.98 Å². The van der Waals surface area contributed by atoms with Crippen LogP contribution in [0.15, 0.2) is 5.38 Å². The molecule has 0 bridgehead atoms. The van der Waals surface area contributed by atoms with Gasteiger partial charge in [-0.3, -0.25) is 0 Å². The fourth-order valence-corrected chi connectivity index (χ4v) is 2.93. The summed E-state index contributed by atoms with van der Waals surface area (Å²) < 4.78 is 0. The maximum Gasteiger partial charge on any atom is 0.0928 e. The van der Waals surface area contributed by atoms with Crippen LogP contribution < -0.4 is 10.6 Å². The molecule has 1 aromatic heterocycles. The SMILES string of the molecule is CCCc1nc(CNC2(C)CCNC2)cs1. The van der Waals surface area contributed by atoms with Crippen LogP contribution in [0.1, 0.15) is 37.4 Å². The first-order chi connectivity index (χ1) is 7.72. The highest BCUT2D eigenvalue weighted by atomic mass is 32.1. The topological polar surface area (TPSA) is 37.0 Å². The second-order valence-corrected chi connectivity index (χ2v) is 5.77. The zero-order valence-corrected chi connectivity index (χ0v) is 11.0. The summed E-state index contributed by atoms with van der Waals surface area (Å²) in [6.45, 7) is 7.58. The molecule has 1 aliphatic rings. The van der Waals surface area contributed by atoms with E-state index in [-0.39, 0.29) is 5.54 Å². The molecule has 0 saturated carbocycles. The minimum absolute atomic E-state index is 0.258. The lowest BCUT2D eigenvalue weighted by Crippen LogP contribution is -2.43. The van der Waals surface area contributed by atoms with Gasteiger partial charge in [0.25, 0.3) is 0 Å². The van der Waals surface area contributed by atoms with Crippen molar-refractivity contribution in [3.63, 3.8) is 0 Å². The van der Waals surface area contributed by atoms with Gasteiger partial charge in [0.15, 0.2) is 0 Å². The predicted molar refractivity (Wildman–Crippen MR) is 68.8 cm³/mol. The minimum atomic E-state index is 0.258. The Hall–Kier alpha value is -0.450. The van der Waals surface area contributed by atoms with Crippen LogP contribution in [0.3, 0.4) is 0 Å². The molecule has 2 rings (SSSR count). The van der Waals surface area contributed by atoms with E-state index in [0.717, 1.165) is 26.1 Å². The van der Waals surface area contributed by atoms with Crippen molar-refractivity contribution in [2.75, 3.05) is 13.1 Å². The van der Waals surface area contributed by atoms with Crippen molar-refractivity contribution in [3.8, 4) is 0 Å². The molecule has 0 amide bonds. The fraction of sp³-hybridized carbons (Fsp3) is 0.750. The van der Waals surface area contributed by atoms with Gasteiger partial charge in [0.2, 0.25) is 0 Å². The van der Waals surface area contributed by atoms with Gasteiger partial charge in [-0.15, -0.1) is 11.3 Å². The van der Waals surface area contributed by atoms with Crippen LogP contribution in [0.4, 0.5) is 0 Å². The largest absolute Gasteiger partial charge is 0.315 e. The van der Waals surface area contributed by atoms with Crippen LogP contribution in [-0.2, 0) is 13.0 Å². The van der Waals surface area contributed by atoms with E-state index in [1.165, 1.54) is 23.5 Å². The monoisotopic (exact) mass is 239 g/mol. The van der Waals surface area contributed by atoms with E-state index in [4.69, 9.17) is 0 Å². The summed E-state index contributed by atoms with van der Waals surface area (Å²) in [7, 11) is 0. The summed E-state index contributed by atoms with van der Waals surface area (Å²) in [4.78, 5) is 4.63. The number of rotatable bonds is 5. The molecule has 2 heterocycles. The highest BCUT2D eigenvalue weighted by Gasteiger charge is 2.27. The molecule has 90 valence electrons. The normalized spacial score (nSPS) is 25.1. The van der Waals surface area contributed by atoms with E-state index in [1.54, 1.807) is 11.3 Å². The summed E-state index contributed by atoms with van der Waals surface area (Å²) in [5.41, 5.74) is 1.45. The Bertz CT molecular complexity index is 329. The Kier molecular flexibility index (Phi) is 3.95. The van der Waals surface area contributed by atoms with Crippen molar-refractivity contribution in [1.82, 2.24) is 15.6 Å². The lowest BCUT2D eigenvalue weighted by Gasteiger charge is -2.23. The molecular formula is C12H21N3S.